The van der Waals surface area contributed by atoms with E-state index in [0.29, 0.717) is 0 Å². The van der Waals surface area contributed by atoms with E-state index in [1.54, 1.807) is 6.08 Å². The SMILES string of the molecule is C=Cc1cc(C(C)(CC)CC)n(C)n1. The van der Waals surface area contributed by atoms with Gasteiger partial charge in [0.05, 0.1) is 5.69 Å². The zero-order chi connectivity index (χ0) is 10.8. The van der Waals surface area contributed by atoms with Crippen LogP contribution in [0.2, 0.25) is 0 Å². The van der Waals surface area contributed by atoms with Crippen LogP contribution >= 0.6 is 0 Å². The zero-order valence-electron chi connectivity index (χ0n) is 9.67. The molecule has 0 bridgehead atoms. The molecule has 0 aliphatic carbocycles. The molecule has 14 heavy (non-hydrogen) atoms. The Balaban J connectivity index is 3.16. The Kier molecular flexibility index (Phi) is 3.14. The van der Waals surface area contributed by atoms with E-state index in [9.17, 15) is 0 Å². The topological polar surface area (TPSA) is 17.8 Å². The van der Waals surface area contributed by atoms with E-state index in [0.717, 1.165) is 18.5 Å². The van der Waals surface area contributed by atoms with E-state index >= 15 is 0 Å². The molecule has 1 aromatic rings. The summed E-state index contributed by atoms with van der Waals surface area (Å²) in [4.78, 5) is 0. The van der Waals surface area contributed by atoms with Gasteiger partial charge in [-0.3, -0.25) is 4.68 Å². The summed E-state index contributed by atoms with van der Waals surface area (Å²) in [5, 5.41) is 4.39. The molecule has 0 radical (unpaired) electrons. The quantitative estimate of drug-likeness (QED) is 0.716. The average Bonchev–Trinajstić information content (AvgIpc) is 2.59. The second kappa shape index (κ2) is 3.99. The normalized spacial score (nSPS) is 11.7. The Hall–Kier alpha value is -1.05. The van der Waals surface area contributed by atoms with Crippen molar-refractivity contribution in [3.63, 3.8) is 0 Å². The van der Waals surface area contributed by atoms with Gasteiger partial charge < -0.3 is 0 Å². The van der Waals surface area contributed by atoms with Gasteiger partial charge in [0.25, 0.3) is 0 Å². The van der Waals surface area contributed by atoms with E-state index < -0.39 is 0 Å². The monoisotopic (exact) mass is 192 g/mol. The first kappa shape index (κ1) is 11.0. The molecule has 0 fully saturated rings. The molecule has 1 aromatic heterocycles. The molecule has 0 amide bonds. The number of rotatable bonds is 4. The van der Waals surface area contributed by atoms with Crippen LogP contribution in [0.3, 0.4) is 0 Å². The second-order valence-corrected chi connectivity index (χ2v) is 4.05. The molecule has 78 valence electrons. The van der Waals surface area contributed by atoms with Gasteiger partial charge in [-0.2, -0.15) is 5.10 Å². The highest BCUT2D eigenvalue weighted by Gasteiger charge is 2.25. The number of aromatic nitrogens is 2. The first-order chi connectivity index (χ1) is 6.57. The van der Waals surface area contributed by atoms with E-state index in [-0.39, 0.29) is 5.41 Å². The summed E-state index contributed by atoms with van der Waals surface area (Å²) in [6, 6.07) is 2.14. The van der Waals surface area contributed by atoms with Gasteiger partial charge in [-0.1, -0.05) is 27.4 Å². The van der Waals surface area contributed by atoms with Crippen molar-refractivity contribution < 1.29 is 0 Å². The molecular formula is C12H20N2. The third-order valence-electron chi connectivity index (χ3n) is 3.29. The molecular weight excluding hydrogens is 172 g/mol. The Morgan fingerprint density at radius 3 is 2.43 bits per heavy atom. The smallest absolute Gasteiger partial charge is 0.0848 e. The van der Waals surface area contributed by atoms with Crippen molar-refractivity contribution in [3.05, 3.63) is 24.0 Å². The van der Waals surface area contributed by atoms with Gasteiger partial charge in [0.1, 0.15) is 0 Å². The third kappa shape index (κ3) is 1.74. The Morgan fingerprint density at radius 2 is 2.07 bits per heavy atom. The summed E-state index contributed by atoms with van der Waals surface area (Å²) in [5.74, 6) is 0. The zero-order valence-corrected chi connectivity index (χ0v) is 9.67. The summed E-state index contributed by atoms with van der Waals surface area (Å²) in [7, 11) is 2.01. The van der Waals surface area contributed by atoms with Crippen molar-refractivity contribution in [2.75, 3.05) is 0 Å². The van der Waals surface area contributed by atoms with Crippen molar-refractivity contribution in [1.82, 2.24) is 9.78 Å². The molecule has 0 unspecified atom stereocenters. The number of aryl methyl sites for hydroxylation is 1. The van der Waals surface area contributed by atoms with Gasteiger partial charge in [0.2, 0.25) is 0 Å². The van der Waals surface area contributed by atoms with Gasteiger partial charge >= 0.3 is 0 Å². The van der Waals surface area contributed by atoms with Gasteiger partial charge in [-0.05, 0) is 25.0 Å². The first-order valence-corrected chi connectivity index (χ1v) is 5.24. The predicted molar refractivity (Wildman–Crippen MR) is 61.2 cm³/mol. The number of nitrogens with zero attached hydrogens (tertiary/aromatic N) is 2. The minimum Gasteiger partial charge on any atom is -0.272 e. The standard InChI is InChI=1S/C12H20N2/c1-6-10-9-11(14(5)13-10)12(4,7-2)8-3/h6,9H,1,7-8H2,2-5H3. The van der Waals surface area contributed by atoms with E-state index in [1.807, 2.05) is 11.7 Å². The summed E-state index contributed by atoms with van der Waals surface area (Å²) in [5.41, 5.74) is 2.51. The summed E-state index contributed by atoms with van der Waals surface area (Å²) < 4.78 is 1.98. The Morgan fingerprint density at radius 1 is 1.50 bits per heavy atom. The van der Waals surface area contributed by atoms with Crippen LogP contribution in [0.25, 0.3) is 6.08 Å². The van der Waals surface area contributed by atoms with E-state index in [2.05, 4.69) is 38.5 Å². The van der Waals surface area contributed by atoms with Crippen LogP contribution in [0.5, 0.6) is 0 Å². The highest BCUT2D eigenvalue weighted by Crippen LogP contribution is 2.31. The van der Waals surface area contributed by atoms with Crippen LogP contribution in [0, 0.1) is 0 Å². The van der Waals surface area contributed by atoms with Crippen LogP contribution in [0.4, 0.5) is 0 Å². The fraction of sp³-hybridized carbons (Fsp3) is 0.583. The highest BCUT2D eigenvalue weighted by atomic mass is 15.3. The van der Waals surface area contributed by atoms with Crippen molar-refractivity contribution >= 4 is 6.08 Å². The molecule has 2 nitrogen and oxygen atoms in total. The van der Waals surface area contributed by atoms with Crippen LogP contribution in [-0.2, 0) is 12.5 Å². The molecule has 0 aliphatic heterocycles. The maximum atomic E-state index is 4.39. The second-order valence-electron chi connectivity index (χ2n) is 4.05. The molecule has 0 N–H and O–H groups in total. The lowest BCUT2D eigenvalue weighted by Crippen LogP contribution is -2.23. The fourth-order valence-electron chi connectivity index (χ4n) is 1.77. The minimum atomic E-state index is 0.239. The van der Waals surface area contributed by atoms with Crippen LogP contribution < -0.4 is 0 Å². The Bertz CT molecular complexity index is 319. The largest absolute Gasteiger partial charge is 0.272 e. The van der Waals surface area contributed by atoms with Gasteiger partial charge in [0, 0.05) is 18.2 Å². The van der Waals surface area contributed by atoms with E-state index in [1.165, 1.54) is 5.69 Å². The third-order valence-corrected chi connectivity index (χ3v) is 3.29. The molecule has 1 heterocycles. The number of hydrogen-bond acceptors (Lipinski definition) is 1. The maximum absolute atomic E-state index is 4.39. The molecule has 0 saturated carbocycles. The summed E-state index contributed by atoms with van der Waals surface area (Å²) >= 11 is 0. The fourth-order valence-corrected chi connectivity index (χ4v) is 1.77. The lowest BCUT2D eigenvalue weighted by atomic mass is 9.81. The van der Waals surface area contributed by atoms with E-state index in [4.69, 9.17) is 0 Å². The van der Waals surface area contributed by atoms with Crippen LogP contribution in [0.15, 0.2) is 12.6 Å². The summed E-state index contributed by atoms with van der Waals surface area (Å²) in [6.07, 6.45) is 4.08. The van der Waals surface area contributed by atoms with Gasteiger partial charge in [-0.15, -0.1) is 0 Å². The van der Waals surface area contributed by atoms with Crippen molar-refractivity contribution in [3.8, 4) is 0 Å². The molecule has 2 heteroatoms. The van der Waals surface area contributed by atoms with Crippen LogP contribution in [0.1, 0.15) is 45.0 Å². The maximum Gasteiger partial charge on any atom is 0.0848 e. The highest BCUT2D eigenvalue weighted by molar-refractivity contribution is 5.43. The predicted octanol–water partition coefficient (Wildman–Crippen LogP) is 3.14. The van der Waals surface area contributed by atoms with Gasteiger partial charge in [-0.25, -0.2) is 0 Å². The molecule has 1 rings (SSSR count). The van der Waals surface area contributed by atoms with Gasteiger partial charge in [0.15, 0.2) is 0 Å². The molecule has 0 atom stereocenters. The van der Waals surface area contributed by atoms with Crippen molar-refractivity contribution in [2.24, 2.45) is 7.05 Å². The first-order valence-electron chi connectivity index (χ1n) is 5.24. The Labute approximate surface area is 86.6 Å². The lowest BCUT2D eigenvalue weighted by Gasteiger charge is -2.26. The van der Waals surface area contributed by atoms with Crippen molar-refractivity contribution in [1.29, 1.82) is 0 Å². The summed E-state index contributed by atoms with van der Waals surface area (Å²) in [6.45, 7) is 10.5. The van der Waals surface area contributed by atoms with Crippen molar-refractivity contribution in [2.45, 2.75) is 39.0 Å². The average molecular weight is 192 g/mol. The minimum absolute atomic E-state index is 0.239. The van der Waals surface area contributed by atoms with Crippen LogP contribution in [-0.4, -0.2) is 9.78 Å². The molecule has 0 saturated heterocycles. The molecule has 0 aliphatic rings. The molecule has 0 spiro atoms. The number of hydrogen-bond donors (Lipinski definition) is 0. The lowest BCUT2D eigenvalue weighted by molar-refractivity contribution is 0.405. The molecule has 0 aromatic carbocycles.